The molecule has 3 rings (SSSR count). The molecule has 27 heavy (non-hydrogen) atoms. The number of anilines is 1. The number of amides is 1. The van der Waals surface area contributed by atoms with Gasteiger partial charge in [-0.25, -0.2) is 4.79 Å². The van der Waals surface area contributed by atoms with Crippen LogP contribution in [0.5, 0.6) is 0 Å². The third kappa shape index (κ3) is 5.01. The maximum Gasteiger partial charge on any atom is 0.342 e. The first-order valence-corrected chi connectivity index (χ1v) is 9.20. The van der Waals surface area contributed by atoms with Gasteiger partial charge in [0.1, 0.15) is 17.1 Å². The molecule has 0 atom stereocenters. The van der Waals surface area contributed by atoms with E-state index in [-0.39, 0.29) is 6.61 Å². The Morgan fingerprint density at radius 3 is 2.44 bits per heavy atom. The van der Waals surface area contributed by atoms with Gasteiger partial charge in [-0.15, -0.1) is 0 Å². The van der Waals surface area contributed by atoms with Crippen molar-refractivity contribution in [1.29, 1.82) is 0 Å². The molecule has 0 saturated carbocycles. The molecule has 1 N–H and O–H groups in total. The third-order valence-corrected chi connectivity index (χ3v) is 4.81. The fourth-order valence-corrected chi connectivity index (χ4v) is 3.43. The number of hydrogen-bond acceptors (Lipinski definition) is 5. The molecule has 0 bridgehead atoms. The molecule has 3 aromatic rings. The van der Waals surface area contributed by atoms with Crippen LogP contribution in [0.4, 0.5) is 5.69 Å². The van der Waals surface area contributed by atoms with Crippen molar-refractivity contribution in [2.45, 2.75) is 23.6 Å². The standard InChI is InChI=1S/C21H19NO4S/c1-14-12-17(15(2)26-14)21(24)25-13-20(23)22-18-10-6-7-11-19(18)27-16-8-4-3-5-9-16/h3-12H,13H2,1-2H3,(H,22,23). The Labute approximate surface area is 161 Å². The quantitative estimate of drug-likeness (QED) is 0.619. The topological polar surface area (TPSA) is 68.5 Å². The van der Waals surface area contributed by atoms with Crippen LogP contribution in [0.3, 0.4) is 0 Å². The van der Waals surface area contributed by atoms with Crippen molar-refractivity contribution in [2.24, 2.45) is 0 Å². The smallest absolute Gasteiger partial charge is 0.342 e. The maximum absolute atomic E-state index is 12.2. The molecule has 0 fully saturated rings. The van der Waals surface area contributed by atoms with Gasteiger partial charge in [0.05, 0.1) is 5.69 Å². The lowest BCUT2D eigenvalue weighted by molar-refractivity contribution is -0.119. The third-order valence-electron chi connectivity index (χ3n) is 3.73. The SMILES string of the molecule is Cc1cc(C(=O)OCC(=O)Nc2ccccc2Sc2ccccc2)c(C)o1. The Bertz CT molecular complexity index is 950. The van der Waals surface area contributed by atoms with Crippen molar-refractivity contribution in [2.75, 3.05) is 11.9 Å². The van der Waals surface area contributed by atoms with E-state index in [2.05, 4.69) is 5.32 Å². The molecule has 0 unspecified atom stereocenters. The Kier molecular flexibility index (Phi) is 5.98. The number of esters is 1. The van der Waals surface area contributed by atoms with Gasteiger partial charge >= 0.3 is 5.97 Å². The van der Waals surface area contributed by atoms with E-state index < -0.39 is 11.9 Å². The number of para-hydroxylation sites is 1. The van der Waals surface area contributed by atoms with Gasteiger partial charge in [-0.2, -0.15) is 0 Å². The van der Waals surface area contributed by atoms with Crippen molar-refractivity contribution in [3.8, 4) is 0 Å². The average Bonchev–Trinajstić information content (AvgIpc) is 3.00. The number of carbonyl (C=O) groups excluding carboxylic acids is 2. The number of carbonyl (C=O) groups is 2. The normalized spacial score (nSPS) is 10.4. The monoisotopic (exact) mass is 381 g/mol. The zero-order valence-electron chi connectivity index (χ0n) is 15.0. The van der Waals surface area contributed by atoms with E-state index in [9.17, 15) is 9.59 Å². The van der Waals surface area contributed by atoms with Crippen molar-refractivity contribution in [3.63, 3.8) is 0 Å². The van der Waals surface area contributed by atoms with Crippen LogP contribution in [0.2, 0.25) is 0 Å². The molecule has 138 valence electrons. The first-order valence-electron chi connectivity index (χ1n) is 8.39. The van der Waals surface area contributed by atoms with Crippen LogP contribution in [0.25, 0.3) is 0 Å². The number of rotatable bonds is 6. The van der Waals surface area contributed by atoms with Crippen molar-refractivity contribution in [3.05, 3.63) is 77.7 Å². The minimum atomic E-state index is -0.577. The van der Waals surface area contributed by atoms with Gasteiger partial charge in [0.25, 0.3) is 5.91 Å². The summed E-state index contributed by atoms with van der Waals surface area (Å²) in [6.45, 7) is 3.06. The number of benzene rings is 2. The van der Waals surface area contributed by atoms with Crippen LogP contribution >= 0.6 is 11.8 Å². The van der Waals surface area contributed by atoms with Gasteiger partial charge in [0, 0.05) is 9.79 Å². The zero-order chi connectivity index (χ0) is 19.2. The van der Waals surface area contributed by atoms with E-state index in [1.807, 2.05) is 54.6 Å². The van der Waals surface area contributed by atoms with Crippen LogP contribution in [0.15, 0.2) is 74.9 Å². The van der Waals surface area contributed by atoms with Crippen LogP contribution in [0, 0.1) is 13.8 Å². The highest BCUT2D eigenvalue weighted by molar-refractivity contribution is 7.99. The summed E-state index contributed by atoms with van der Waals surface area (Å²) in [6.07, 6.45) is 0. The number of hydrogen-bond donors (Lipinski definition) is 1. The first-order chi connectivity index (χ1) is 13.0. The van der Waals surface area contributed by atoms with Gasteiger partial charge in [-0.3, -0.25) is 4.79 Å². The Morgan fingerprint density at radius 2 is 1.74 bits per heavy atom. The Morgan fingerprint density at radius 1 is 1.04 bits per heavy atom. The predicted molar refractivity (Wildman–Crippen MR) is 104 cm³/mol. The molecule has 1 heterocycles. The lowest BCUT2D eigenvalue weighted by atomic mass is 10.2. The molecule has 0 radical (unpaired) electrons. The molecule has 1 amide bonds. The highest BCUT2D eigenvalue weighted by atomic mass is 32.2. The van der Waals surface area contributed by atoms with E-state index in [4.69, 9.17) is 9.15 Å². The van der Waals surface area contributed by atoms with E-state index in [1.165, 1.54) is 0 Å². The summed E-state index contributed by atoms with van der Waals surface area (Å²) in [4.78, 5) is 26.3. The molecule has 6 heteroatoms. The van der Waals surface area contributed by atoms with Gasteiger partial charge in [0.15, 0.2) is 6.61 Å². The highest BCUT2D eigenvalue weighted by Gasteiger charge is 2.17. The van der Waals surface area contributed by atoms with Crippen LogP contribution in [0.1, 0.15) is 21.9 Å². The van der Waals surface area contributed by atoms with Crippen molar-refractivity contribution < 1.29 is 18.7 Å². The zero-order valence-corrected chi connectivity index (χ0v) is 15.8. The lowest BCUT2D eigenvalue weighted by Crippen LogP contribution is -2.21. The molecular formula is C21H19NO4S. The summed E-state index contributed by atoms with van der Waals surface area (Å²) < 4.78 is 10.4. The first kappa shape index (κ1) is 18.8. The highest BCUT2D eigenvalue weighted by Crippen LogP contribution is 2.33. The van der Waals surface area contributed by atoms with E-state index in [0.29, 0.717) is 22.8 Å². The molecule has 0 spiro atoms. The molecule has 0 aliphatic carbocycles. The molecule has 2 aromatic carbocycles. The minimum absolute atomic E-state index is 0.334. The van der Waals surface area contributed by atoms with Crippen LogP contribution < -0.4 is 5.32 Å². The fourth-order valence-electron chi connectivity index (χ4n) is 2.50. The maximum atomic E-state index is 12.2. The minimum Gasteiger partial charge on any atom is -0.466 e. The molecule has 0 saturated heterocycles. The Balaban J connectivity index is 1.61. The summed E-state index contributed by atoms with van der Waals surface area (Å²) in [6, 6.07) is 19.0. The van der Waals surface area contributed by atoms with Gasteiger partial charge in [-0.05, 0) is 44.2 Å². The summed E-state index contributed by atoms with van der Waals surface area (Å²) in [5, 5.41) is 2.80. The molecule has 1 aromatic heterocycles. The average molecular weight is 381 g/mol. The van der Waals surface area contributed by atoms with Crippen LogP contribution in [-0.2, 0) is 9.53 Å². The number of ether oxygens (including phenoxy) is 1. The second-order valence-corrected chi connectivity index (χ2v) is 6.98. The molecular weight excluding hydrogens is 362 g/mol. The summed E-state index contributed by atoms with van der Waals surface area (Å²) in [7, 11) is 0. The van der Waals surface area contributed by atoms with Crippen LogP contribution in [-0.4, -0.2) is 18.5 Å². The summed E-state index contributed by atoms with van der Waals surface area (Å²) in [5.41, 5.74) is 1.00. The van der Waals surface area contributed by atoms with Gasteiger partial charge < -0.3 is 14.5 Å². The number of aryl methyl sites for hydroxylation is 2. The van der Waals surface area contributed by atoms with Crippen molar-refractivity contribution in [1.82, 2.24) is 0 Å². The fraction of sp³-hybridized carbons (Fsp3) is 0.143. The second kappa shape index (κ2) is 8.60. The van der Waals surface area contributed by atoms with E-state index >= 15 is 0 Å². The van der Waals surface area contributed by atoms with Gasteiger partial charge in [-0.1, -0.05) is 42.1 Å². The second-order valence-electron chi connectivity index (χ2n) is 5.86. The lowest BCUT2D eigenvalue weighted by Gasteiger charge is -2.11. The van der Waals surface area contributed by atoms with Crippen molar-refractivity contribution >= 4 is 29.3 Å². The summed E-state index contributed by atoms with van der Waals surface area (Å²) >= 11 is 1.55. The summed E-state index contributed by atoms with van der Waals surface area (Å²) in [5.74, 6) is 0.118. The molecule has 5 nitrogen and oxygen atoms in total. The number of furan rings is 1. The molecule has 0 aliphatic heterocycles. The predicted octanol–water partition coefficient (Wildman–Crippen LogP) is 4.84. The molecule has 0 aliphatic rings. The largest absolute Gasteiger partial charge is 0.466 e. The Hall–Kier alpha value is -2.99. The van der Waals surface area contributed by atoms with Gasteiger partial charge in [0.2, 0.25) is 0 Å². The van der Waals surface area contributed by atoms with E-state index in [0.717, 1.165) is 9.79 Å². The van der Waals surface area contributed by atoms with E-state index in [1.54, 1.807) is 31.7 Å². The number of nitrogens with one attached hydrogen (secondary N) is 1.